The topological polar surface area (TPSA) is 55.2 Å². The van der Waals surface area contributed by atoms with Gasteiger partial charge in [0.05, 0.1) is 4.92 Å². The van der Waals surface area contributed by atoms with Crippen LogP contribution in [0.3, 0.4) is 0 Å². The SMILES string of the molecule is O=[N+]([O-])c1cccc(NCCCCl)c1. The molecule has 0 fully saturated rings. The summed E-state index contributed by atoms with van der Waals surface area (Å²) < 4.78 is 0. The lowest BCUT2D eigenvalue weighted by molar-refractivity contribution is -0.384. The van der Waals surface area contributed by atoms with Crippen LogP contribution in [0.25, 0.3) is 0 Å². The number of nitro benzene ring substituents is 1. The molecule has 1 N–H and O–H groups in total. The first-order valence-electron chi connectivity index (χ1n) is 4.28. The number of non-ortho nitro benzene ring substituents is 1. The molecule has 5 heteroatoms. The summed E-state index contributed by atoms with van der Waals surface area (Å²) in [5.41, 5.74) is 0.852. The Labute approximate surface area is 87.0 Å². The highest BCUT2D eigenvalue weighted by molar-refractivity contribution is 6.17. The van der Waals surface area contributed by atoms with E-state index in [9.17, 15) is 10.1 Å². The number of nitrogens with one attached hydrogen (secondary N) is 1. The van der Waals surface area contributed by atoms with Gasteiger partial charge in [0.25, 0.3) is 5.69 Å². The lowest BCUT2D eigenvalue weighted by Crippen LogP contribution is -2.02. The van der Waals surface area contributed by atoms with Gasteiger partial charge in [-0.2, -0.15) is 0 Å². The lowest BCUT2D eigenvalue weighted by atomic mass is 10.3. The van der Waals surface area contributed by atoms with Crippen LogP contribution < -0.4 is 5.32 Å². The van der Waals surface area contributed by atoms with Gasteiger partial charge in [0.1, 0.15) is 0 Å². The van der Waals surface area contributed by atoms with Gasteiger partial charge in [0.2, 0.25) is 0 Å². The van der Waals surface area contributed by atoms with Crippen LogP contribution >= 0.6 is 11.6 Å². The van der Waals surface area contributed by atoms with Crippen molar-refractivity contribution in [1.29, 1.82) is 0 Å². The second-order valence-electron chi connectivity index (χ2n) is 2.78. The van der Waals surface area contributed by atoms with Crippen LogP contribution in [0.2, 0.25) is 0 Å². The van der Waals surface area contributed by atoms with E-state index in [4.69, 9.17) is 11.6 Å². The summed E-state index contributed by atoms with van der Waals surface area (Å²) in [5, 5.41) is 13.5. The molecule has 0 spiro atoms. The molecule has 0 unspecified atom stereocenters. The van der Waals surface area contributed by atoms with E-state index in [0.29, 0.717) is 5.88 Å². The smallest absolute Gasteiger partial charge is 0.271 e. The van der Waals surface area contributed by atoms with Crippen LogP contribution in [0.5, 0.6) is 0 Å². The third-order valence-corrected chi connectivity index (χ3v) is 1.96. The zero-order valence-electron chi connectivity index (χ0n) is 7.57. The van der Waals surface area contributed by atoms with Gasteiger partial charge in [-0.25, -0.2) is 0 Å². The molecule has 0 aliphatic rings. The fourth-order valence-electron chi connectivity index (χ4n) is 1.03. The lowest BCUT2D eigenvalue weighted by Gasteiger charge is -2.03. The number of nitro groups is 1. The first-order valence-corrected chi connectivity index (χ1v) is 4.82. The molecule has 0 aromatic heterocycles. The Morgan fingerprint density at radius 3 is 2.93 bits per heavy atom. The number of nitrogens with zero attached hydrogens (tertiary/aromatic N) is 1. The second-order valence-corrected chi connectivity index (χ2v) is 3.15. The highest BCUT2D eigenvalue weighted by atomic mass is 35.5. The molecular weight excluding hydrogens is 204 g/mol. The number of halogens is 1. The van der Waals surface area contributed by atoms with E-state index in [2.05, 4.69) is 5.32 Å². The van der Waals surface area contributed by atoms with Gasteiger partial charge in [-0.05, 0) is 12.5 Å². The minimum Gasteiger partial charge on any atom is -0.385 e. The van der Waals surface area contributed by atoms with E-state index in [0.717, 1.165) is 18.7 Å². The van der Waals surface area contributed by atoms with Crippen LogP contribution in [0.1, 0.15) is 6.42 Å². The highest BCUT2D eigenvalue weighted by Crippen LogP contribution is 2.16. The maximum absolute atomic E-state index is 10.4. The van der Waals surface area contributed by atoms with E-state index in [-0.39, 0.29) is 5.69 Å². The summed E-state index contributed by atoms with van der Waals surface area (Å²) in [6, 6.07) is 6.42. The van der Waals surface area contributed by atoms with Crippen molar-refractivity contribution >= 4 is 23.0 Å². The van der Waals surface area contributed by atoms with Crippen molar-refractivity contribution < 1.29 is 4.92 Å². The van der Waals surface area contributed by atoms with Crippen molar-refractivity contribution in [1.82, 2.24) is 0 Å². The number of hydrogen-bond acceptors (Lipinski definition) is 3. The fraction of sp³-hybridized carbons (Fsp3) is 0.333. The molecule has 0 heterocycles. The molecule has 0 saturated heterocycles. The molecule has 76 valence electrons. The number of benzene rings is 1. The molecule has 1 aromatic rings. The van der Waals surface area contributed by atoms with Gasteiger partial charge in [-0.3, -0.25) is 10.1 Å². The predicted octanol–water partition coefficient (Wildman–Crippen LogP) is 2.64. The first-order chi connectivity index (χ1) is 6.74. The summed E-state index contributed by atoms with van der Waals surface area (Å²) in [6.07, 6.45) is 0.838. The molecule has 1 rings (SSSR count). The molecular formula is C9H11ClN2O2. The summed E-state index contributed by atoms with van der Waals surface area (Å²) >= 11 is 5.50. The second kappa shape index (κ2) is 5.44. The van der Waals surface area contributed by atoms with Crippen LogP contribution in [-0.4, -0.2) is 17.3 Å². The Morgan fingerprint density at radius 1 is 1.50 bits per heavy atom. The average molecular weight is 215 g/mol. The van der Waals surface area contributed by atoms with Gasteiger partial charge in [-0.1, -0.05) is 6.07 Å². The van der Waals surface area contributed by atoms with Crippen molar-refractivity contribution in [3.8, 4) is 0 Å². The van der Waals surface area contributed by atoms with E-state index in [1.54, 1.807) is 12.1 Å². The Morgan fingerprint density at radius 2 is 2.29 bits per heavy atom. The summed E-state index contributed by atoms with van der Waals surface area (Å²) in [4.78, 5) is 10.0. The zero-order valence-corrected chi connectivity index (χ0v) is 8.33. The Bertz CT molecular complexity index is 317. The number of alkyl halides is 1. The van der Waals surface area contributed by atoms with E-state index >= 15 is 0 Å². The highest BCUT2D eigenvalue weighted by Gasteiger charge is 2.04. The van der Waals surface area contributed by atoms with Crippen molar-refractivity contribution in [3.05, 3.63) is 34.4 Å². The standard InChI is InChI=1S/C9H11ClN2O2/c10-5-2-6-11-8-3-1-4-9(7-8)12(13)14/h1,3-4,7,11H,2,5-6H2. The van der Waals surface area contributed by atoms with Gasteiger partial charge in [0.15, 0.2) is 0 Å². The van der Waals surface area contributed by atoms with Gasteiger partial charge in [-0.15, -0.1) is 11.6 Å². The summed E-state index contributed by atoms with van der Waals surface area (Å²) in [7, 11) is 0. The van der Waals surface area contributed by atoms with Crippen molar-refractivity contribution in [3.63, 3.8) is 0 Å². The fourth-order valence-corrected chi connectivity index (χ4v) is 1.16. The van der Waals surface area contributed by atoms with Crippen molar-refractivity contribution in [2.24, 2.45) is 0 Å². The number of hydrogen-bond donors (Lipinski definition) is 1. The maximum atomic E-state index is 10.4. The molecule has 1 aromatic carbocycles. The average Bonchev–Trinajstić information content (AvgIpc) is 2.19. The van der Waals surface area contributed by atoms with Gasteiger partial charge >= 0.3 is 0 Å². The minimum absolute atomic E-state index is 0.0980. The van der Waals surface area contributed by atoms with Crippen LogP contribution in [0.15, 0.2) is 24.3 Å². The molecule has 0 aliphatic heterocycles. The Kier molecular flexibility index (Phi) is 4.19. The van der Waals surface area contributed by atoms with E-state index < -0.39 is 4.92 Å². The summed E-state index contributed by atoms with van der Waals surface area (Å²) in [5.74, 6) is 0.585. The molecule has 0 amide bonds. The largest absolute Gasteiger partial charge is 0.385 e. The normalized spacial score (nSPS) is 9.79. The Hall–Kier alpha value is -1.29. The maximum Gasteiger partial charge on any atom is 0.271 e. The van der Waals surface area contributed by atoms with Gasteiger partial charge in [0, 0.05) is 30.2 Å². The van der Waals surface area contributed by atoms with Crippen molar-refractivity contribution in [2.45, 2.75) is 6.42 Å². The minimum atomic E-state index is -0.410. The number of anilines is 1. The molecule has 14 heavy (non-hydrogen) atoms. The van der Waals surface area contributed by atoms with Crippen LogP contribution in [0, 0.1) is 10.1 Å². The van der Waals surface area contributed by atoms with Gasteiger partial charge < -0.3 is 5.32 Å². The molecule has 0 bridgehead atoms. The number of rotatable bonds is 5. The van der Waals surface area contributed by atoms with Crippen molar-refractivity contribution in [2.75, 3.05) is 17.7 Å². The molecule has 0 aliphatic carbocycles. The van der Waals surface area contributed by atoms with E-state index in [1.165, 1.54) is 12.1 Å². The third-order valence-electron chi connectivity index (χ3n) is 1.70. The van der Waals surface area contributed by atoms with Crippen LogP contribution in [0.4, 0.5) is 11.4 Å². The molecule has 0 saturated carbocycles. The molecule has 4 nitrogen and oxygen atoms in total. The molecule has 0 radical (unpaired) electrons. The summed E-state index contributed by atoms with van der Waals surface area (Å²) in [6.45, 7) is 0.727. The third kappa shape index (κ3) is 3.22. The Balaban J connectivity index is 2.59. The molecule has 0 atom stereocenters. The predicted molar refractivity (Wildman–Crippen MR) is 56.9 cm³/mol. The monoisotopic (exact) mass is 214 g/mol. The zero-order chi connectivity index (χ0) is 10.4. The quantitative estimate of drug-likeness (QED) is 0.355. The first kappa shape index (κ1) is 10.8. The van der Waals surface area contributed by atoms with E-state index in [1.807, 2.05) is 0 Å². The van der Waals surface area contributed by atoms with Crippen LogP contribution in [-0.2, 0) is 0 Å².